The van der Waals surface area contributed by atoms with E-state index in [0.717, 1.165) is 47.7 Å². The topological polar surface area (TPSA) is 53.1 Å². The lowest BCUT2D eigenvalue weighted by Crippen LogP contribution is -2.09. The van der Waals surface area contributed by atoms with Gasteiger partial charge < -0.3 is 10.5 Å². The van der Waals surface area contributed by atoms with Crippen LogP contribution in [0.2, 0.25) is 0 Å². The fourth-order valence-electron chi connectivity index (χ4n) is 3.78. The second-order valence-electron chi connectivity index (χ2n) is 7.00. The molecule has 1 unspecified atom stereocenters. The summed E-state index contributed by atoms with van der Waals surface area (Å²) in [4.78, 5) is 0. The molecule has 0 bridgehead atoms. The number of hydrogen-bond acceptors (Lipinski definition) is 3. The highest BCUT2D eigenvalue weighted by atomic mass is 16.5. The summed E-state index contributed by atoms with van der Waals surface area (Å²) in [6, 6.07) is 18.4. The third-order valence-electron chi connectivity index (χ3n) is 5.25. The Morgan fingerprint density at radius 3 is 2.52 bits per heavy atom. The quantitative estimate of drug-likeness (QED) is 0.651. The molecular formula is C23H25N3O. The number of aromatic nitrogens is 2. The van der Waals surface area contributed by atoms with E-state index in [-0.39, 0.29) is 0 Å². The molecule has 3 aromatic rings. The molecule has 1 aliphatic rings. The second kappa shape index (κ2) is 7.70. The molecule has 2 N–H and O–H groups in total. The molecule has 1 aromatic heterocycles. The predicted octanol–water partition coefficient (Wildman–Crippen LogP) is 5.01. The van der Waals surface area contributed by atoms with Gasteiger partial charge in [-0.2, -0.15) is 5.10 Å². The van der Waals surface area contributed by atoms with Gasteiger partial charge in [0, 0.05) is 11.1 Å². The number of methoxy groups -OCH3 is 1. The Hall–Kier alpha value is -3.01. The summed E-state index contributed by atoms with van der Waals surface area (Å²) in [5, 5.41) is 4.93. The van der Waals surface area contributed by atoms with Crippen LogP contribution in [-0.4, -0.2) is 16.9 Å². The van der Waals surface area contributed by atoms with Gasteiger partial charge in [-0.3, -0.25) is 0 Å². The highest BCUT2D eigenvalue weighted by Gasteiger charge is 2.25. The van der Waals surface area contributed by atoms with E-state index in [1.807, 2.05) is 22.9 Å². The molecule has 4 heteroatoms. The Balaban J connectivity index is 1.73. The number of anilines is 1. The van der Waals surface area contributed by atoms with E-state index in [1.54, 1.807) is 7.11 Å². The summed E-state index contributed by atoms with van der Waals surface area (Å²) in [6.45, 7) is 0.651. The lowest BCUT2D eigenvalue weighted by atomic mass is 9.86. The minimum absolute atomic E-state index is 0.426. The molecule has 0 saturated carbocycles. The molecule has 4 nitrogen and oxygen atoms in total. The van der Waals surface area contributed by atoms with E-state index in [1.165, 1.54) is 5.56 Å². The highest BCUT2D eigenvalue weighted by molar-refractivity contribution is 5.69. The van der Waals surface area contributed by atoms with Crippen molar-refractivity contribution in [1.82, 2.24) is 9.78 Å². The van der Waals surface area contributed by atoms with Crippen molar-refractivity contribution in [3.8, 4) is 17.0 Å². The van der Waals surface area contributed by atoms with Crippen LogP contribution < -0.4 is 10.5 Å². The van der Waals surface area contributed by atoms with Crippen LogP contribution >= 0.6 is 0 Å². The van der Waals surface area contributed by atoms with E-state index < -0.39 is 0 Å². The smallest absolute Gasteiger partial charge is 0.126 e. The molecular weight excluding hydrogens is 334 g/mol. The maximum atomic E-state index is 6.63. The van der Waals surface area contributed by atoms with Crippen molar-refractivity contribution >= 4 is 5.82 Å². The van der Waals surface area contributed by atoms with E-state index in [0.29, 0.717) is 12.5 Å². The van der Waals surface area contributed by atoms with Crippen LogP contribution in [0, 0.1) is 0 Å². The number of hydrogen-bond donors (Lipinski definition) is 1. The molecule has 1 heterocycles. The number of nitrogens with zero attached hydrogens (tertiary/aromatic N) is 2. The minimum Gasteiger partial charge on any atom is -0.497 e. The number of nitrogens with two attached hydrogens (primary N) is 1. The molecule has 138 valence electrons. The first kappa shape index (κ1) is 17.4. The van der Waals surface area contributed by atoms with Crippen LogP contribution in [0.25, 0.3) is 11.3 Å². The van der Waals surface area contributed by atoms with Crippen LogP contribution in [0.3, 0.4) is 0 Å². The van der Waals surface area contributed by atoms with Gasteiger partial charge >= 0.3 is 0 Å². The summed E-state index contributed by atoms with van der Waals surface area (Å²) in [7, 11) is 1.68. The molecule has 0 aliphatic heterocycles. The summed E-state index contributed by atoms with van der Waals surface area (Å²) < 4.78 is 7.19. The molecule has 0 amide bonds. The van der Waals surface area contributed by atoms with Crippen LogP contribution in [0.15, 0.2) is 66.7 Å². The van der Waals surface area contributed by atoms with Crippen LogP contribution in [-0.2, 0) is 6.54 Å². The Morgan fingerprint density at radius 1 is 1.07 bits per heavy atom. The Morgan fingerprint density at radius 2 is 1.85 bits per heavy atom. The molecule has 1 aliphatic carbocycles. The molecule has 0 fully saturated rings. The van der Waals surface area contributed by atoms with Crippen molar-refractivity contribution in [3.05, 3.63) is 77.9 Å². The van der Waals surface area contributed by atoms with Gasteiger partial charge in [0.1, 0.15) is 11.6 Å². The van der Waals surface area contributed by atoms with E-state index in [9.17, 15) is 0 Å². The molecule has 0 saturated heterocycles. The van der Waals surface area contributed by atoms with Crippen molar-refractivity contribution in [2.24, 2.45) is 0 Å². The first-order valence-electron chi connectivity index (χ1n) is 9.46. The van der Waals surface area contributed by atoms with Crippen LogP contribution in [0.1, 0.15) is 36.3 Å². The fraction of sp³-hybridized carbons (Fsp3) is 0.261. The van der Waals surface area contributed by atoms with E-state index >= 15 is 0 Å². The lowest BCUT2D eigenvalue weighted by Gasteiger charge is -2.19. The summed E-state index contributed by atoms with van der Waals surface area (Å²) >= 11 is 0. The largest absolute Gasteiger partial charge is 0.497 e. The van der Waals surface area contributed by atoms with Crippen molar-refractivity contribution in [2.45, 2.75) is 31.7 Å². The monoisotopic (exact) mass is 359 g/mol. The first-order valence-corrected chi connectivity index (χ1v) is 9.46. The summed E-state index contributed by atoms with van der Waals surface area (Å²) in [6.07, 6.45) is 7.77. The summed E-state index contributed by atoms with van der Waals surface area (Å²) in [5.74, 6) is 2.06. The predicted molar refractivity (Wildman–Crippen MR) is 110 cm³/mol. The Kier molecular flexibility index (Phi) is 4.97. The Labute approximate surface area is 160 Å². The second-order valence-corrected chi connectivity index (χ2v) is 7.00. The number of rotatable bonds is 5. The SMILES string of the molecule is COc1ccc(Cn2nc(-c3ccccc3)c(C3CC=CCC3)c2N)cc1. The minimum atomic E-state index is 0.426. The first-order chi connectivity index (χ1) is 13.3. The lowest BCUT2D eigenvalue weighted by molar-refractivity contribution is 0.414. The van der Waals surface area contributed by atoms with Crippen molar-refractivity contribution in [2.75, 3.05) is 12.8 Å². The number of allylic oxidation sites excluding steroid dienone is 2. The van der Waals surface area contributed by atoms with Crippen LogP contribution in [0.4, 0.5) is 5.82 Å². The Bertz CT molecular complexity index is 926. The molecule has 1 atom stereocenters. The van der Waals surface area contributed by atoms with Gasteiger partial charge in [-0.1, -0.05) is 54.6 Å². The molecule has 27 heavy (non-hydrogen) atoms. The van der Waals surface area contributed by atoms with E-state index in [4.69, 9.17) is 15.6 Å². The average molecular weight is 359 g/mol. The number of ether oxygens (including phenoxy) is 1. The van der Waals surface area contributed by atoms with Gasteiger partial charge in [-0.15, -0.1) is 0 Å². The van der Waals surface area contributed by atoms with Gasteiger partial charge in [0.15, 0.2) is 0 Å². The van der Waals surface area contributed by atoms with Crippen molar-refractivity contribution in [3.63, 3.8) is 0 Å². The highest BCUT2D eigenvalue weighted by Crippen LogP contribution is 2.39. The molecule has 0 radical (unpaired) electrons. The summed E-state index contributed by atoms with van der Waals surface area (Å²) in [5.41, 5.74) is 11.1. The zero-order valence-electron chi connectivity index (χ0n) is 15.6. The third kappa shape index (κ3) is 3.61. The zero-order valence-corrected chi connectivity index (χ0v) is 15.6. The van der Waals surface area contributed by atoms with Crippen molar-refractivity contribution in [1.29, 1.82) is 0 Å². The average Bonchev–Trinajstić information content (AvgIpc) is 3.06. The zero-order chi connectivity index (χ0) is 18.6. The van der Waals surface area contributed by atoms with E-state index in [2.05, 4.69) is 48.6 Å². The van der Waals surface area contributed by atoms with Gasteiger partial charge in [0.25, 0.3) is 0 Å². The standard InChI is InChI=1S/C23H25N3O/c1-27-20-14-12-17(13-15-20)16-26-23(24)21(18-8-4-2-5-9-18)22(25-26)19-10-6-3-7-11-19/h2-4,6-7,10-15,18H,5,8-9,16,24H2,1H3. The number of nitrogen functional groups attached to an aromatic ring is 1. The van der Waals surface area contributed by atoms with Gasteiger partial charge in [0.05, 0.1) is 19.3 Å². The van der Waals surface area contributed by atoms with Gasteiger partial charge in [-0.05, 0) is 42.9 Å². The van der Waals surface area contributed by atoms with Crippen molar-refractivity contribution < 1.29 is 4.74 Å². The van der Waals surface area contributed by atoms with Crippen LogP contribution in [0.5, 0.6) is 5.75 Å². The molecule has 2 aromatic carbocycles. The maximum Gasteiger partial charge on any atom is 0.126 e. The molecule has 4 rings (SSSR count). The molecule has 0 spiro atoms. The normalized spacial score (nSPS) is 16.4. The number of benzene rings is 2. The third-order valence-corrected chi connectivity index (χ3v) is 5.25. The van der Waals surface area contributed by atoms with Gasteiger partial charge in [-0.25, -0.2) is 4.68 Å². The fourth-order valence-corrected chi connectivity index (χ4v) is 3.78. The maximum absolute atomic E-state index is 6.63. The van der Waals surface area contributed by atoms with Gasteiger partial charge in [0.2, 0.25) is 0 Å².